The van der Waals surface area contributed by atoms with Gasteiger partial charge in [-0.2, -0.15) is 0 Å². The van der Waals surface area contributed by atoms with E-state index in [1.54, 1.807) is 0 Å². The predicted octanol–water partition coefficient (Wildman–Crippen LogP) is 7.55. The van der Waals surface area contributed by atoms with Gasteiger partial charge in [-0.05, 0) is 123 Å². The first-order chi connectivity index (χ1) is 18.9. The van der Waals surface area contributed by atoms with Gasteiger partial charge in [0.25, 0.3) is 8.32 Å². The molecule has 0 bridgehead atoms. The Hall–Kier alpha value is -1.44. The number of rotatable bonds is 4. The fourth-order valence-electron chi connectivity index (χ4n) is 9.48. The van der Waals surface area contributed by atoms with Crippen LogP contribution in [0.25, 0.3) is 0 Å². The highest BCUT2D eigenvalue weighted by molar-refractivity contribution is 7.72. The van der Waals surface area contributed by atoms with E-state index in [0.717, 1.165) is 48.1 Å². The summed E-state index contributed by atoms with van der Waals surface area (Å²) in [5.41, 5.74) is 4.53. The lowest BCUT2D eigenvalue weighted by atomic mass is 9.44. The van der Waals surface area contributed by atoms with Crippen LogP contribution in [-0.4, -0.2) is 33.7 Å². The maximum atomic E-state index is 13.0. The van der Waals surface area contributed by atoms with E-state index in [9.17, 15) is 18.3 Å². The molecule has 41 heavy (non-hydrogen) atoms. The van der Waals surface area contributed by atoms with Gasteiger partial charge < -0.3 is 9.53 Å². The Balaban J connectivity index is 1.71. The molecule has 0 aromatic heterocycles. The maximum Gasteiger partial charge on any atom is 0.250 e. The lowest BCUT2D eigenvalue weighted by Crippen LogP contribution is -2.53. The lowest BCUT2D eigenvalue weighted by Gasteiger charge is -2.60. The van der Waals surface area contributed by atoms with Gasteiger partial charge in [-0.25, -0.2) is 8.42 Å². The summed E-state index contributed by atoms with van der Waals surface area (Å²) in [6.07, 6.45) is 7.81. The van der Waals surface area contributed by atoms with E-state index in [-0.39, 0.29) is 21.8 Å². The van der Waals surface area contributed by atoms with Crippen LogP contribution in [0.15, 0.2) is 16.5 Å². The van der Waals surface area contributed by atoms with Crippen LogP contribution >= 0.6 is 0 Å². The monoisotopic (exact) mass is 600 g/mol. The normalized spacial score (nSPS) is 35.6. The van der Waals surface area contributed by atoms with Crippen LogP contribution in [0.5, 0.6) is 5.75 Å². The van der Waals surface area contributed by atoms with Gasteiger partial charge in [-0.3, -0.25) is 4.79 Å². The van der Waals surface area contributed by atoms with Crippen LogP contribution in [0.3, 0.4) is 0 Å². The summed E-state index contributed by atoms with van der Waals surface area (Å²) in [6, 6.07) is 0. The van der Waals surface area contributed by atoms with Gasteiger partial charge in [-0.1, -0.05) is 46.3 Å². The molecule has 0 amide bonds. The first kappa shape index (κ1) is 31.0. The highest BCUT2D eigenvalue weighted by Crippen LogP contribution is 2.67. The van der Waals surface area contributed by atoms with Crippen LogP contribution in [0, 0.1) is 49.4 Å². The summed E-state index contributed by atoms with van der Waals surface area (Å²) >= 11 is 0. The number of hydrogen-bond acceptors (Lipinski definition) is 5. The van der Waals surface area contributed by atoms with E-state index in [1.165, 1.54) is 5.57 Å². The van der Waals surface area contributed by atoms with Gasteiger partial charge in [0.15, 0.2) is 10.7 Å². The molecule has 0 radical (unpaired) electrons. The Morgan fingerprint density at radius 1 is 1.02 bits per heavy atom. The van der Waals surface area contributed by atoms with Crippen LogP contribution in [0.1, 0.15) is 108 Å². The predicted molar refractivity (Wildman–Crippen MR) is 168 cm³/mol. The first-order valence-electron chi connectivity index (χ1n) is 15.7. The van der Waals surface area contributed by atoms with Crippen molar-refractivity contribution in [1.29, 1.82) is 0 Å². The maximum absolute atomic E-state index is 13.0. The molecule has 1 aromatic carbocycles. The Kier molecular flexibility index (Phi) is 7.60. The average molecular weight is 601 g/mol. The molecular formula is C34H52O5SSi. The van der Waals surface area contributed by atoms with E-state index < -0.39 is 25.1 Å². The molecule has 3 fully saturated rings. The number of thiol groups is 1. The van der Waals surface area contributed by atoms with Crippen molar-refractivity contribution in [2.24, 2.45) is 28.6 Å². The molecule has 0 saturated heterocycles. The zero-order chi connectivity index (χ0) is 30.4. The number of benzene rings is 1. The topological polar surface area (TPSA) is 80.7 Å². The van der Waals surface area contributed by atoms with Gasteiger partial charge in [0.05, 0.1) is 11.0 Å². The van der Waals surface area contributed by atoms with E-state index >= 15 is 0 Å². The van der Waals surface area contributed by atoms with Crippen molar-refractivity contribution < 1.29 is 22.7 Å². The third kappa shape index (κ3) is 4.54. The molecule has 1 unspecified atom stereocenters. The highest BCUT2D eigenvalue weighted by Gasteiger charge is 2.61. The van der Waals surface area contributed by atoms with Gasteiger partial charge in [-0.15, -0.1) is 0 Å². The van der Waals surface area contributed by atoms with Crippen LogP contribution < -0.4 is 4.43 Å². The minimum Gasteiger partial charge on any atom is -0.543 e. The number of fused-ring (bicyclic) bond motifs is 5. The molecule has 0 aliphatic heterocycles. The minimum absolute atomic E-state index is 0.0252. The van der Waals surface area contributed by atoms with E-state index in [2.05, 4.69) is 60.7 Å². The quantitative estimate of drug-likeness (QED) is 0.212. The largest absolute Gasteiger partial charge is 0.543 e. The summed E-state index contributed by atoms with van der Waals surface area (Å²) in [5.74, 6) is 2.39. The van der Waals surface area contributed by atoms with Crippen LogP contribution in [0.4, 0.5) is 0 Å². The number of carbonyl (C=O) groups is 1. The molecule has 4 aliphatic rings. The summed E-state index contributed by atoms with van der Waals surface area (Å²) in [4.78, 5) is 13.4. The number of aliphatic hydroxyl groups is 1. The van der Waals surface area contributed by atoms with Crippen LogP contribution in [-0.2, 0) is 15.5 Å². The molecule has 5 rings (SSSR count). The first-order valence-corrected chi connectivity index (χ1v) is 19.8. The fraction of sp³-hybridized carbons (Fsp3) is 0.735. The third-order valence-electron chi connectivity index (χ3n) is 12.8. The van der Waals surface area contributed by atoms with Gasteiger partial charge in [0.2, 0.25) is 0 Å². The summed E-state index contributed by atoms with van der Waals surface area (Å²) in [6.45, 7) is 21.6. The third-order valence-corrected chi connectivity index (χ3v) is 18.2. The zero-order valence-electron chi connectivity index (χ0n) is 26.9. The number of aliphatic hydroxyl groups excluding tert-OH is 1. The average Bonchev–Trinajstić information content (AvgIpc) is 3.16. The van der Waals surface area contributed by atoms with E-state index in [4.69, 9.17) is 4.43 Å². The highest BCUT2D eigenvalue weighted by atomic mass is 32.2. The minimum atomic E-state index is -2.83. The molecule has 228 valence electrons. The van der Waals surface area contributed by atoms with Crippen LogP contribution in [0.2, 0.25) is 18.1 Å². The van der Waals surface area contributed by atoms with Crippen molar-refractivity contribution in [2.75, 3.05) is 0 Å². The van der Waals surface area contributed by atoms with Crippen molar-refractivity contribution in [3.63, 3.8) is 0 Å². The van der Waals surface area contributed by atoms with Crippen molar-refractivity contribution >= 4 is 24.8 Å². The fourth-order valence-corrected chi connectivity index (χ4v) is 11.4. The van der Waals surface area contributed by atoms with Crippen molar-refractivity contribution in [3.8, 4) is 5.75 Å². The second kappa shape index (κ2) is 10.1. The molecule has 5 nitrogen and oxygen atoms in total. The number of Topliss-reactive ketones (excluding diaryl/α,β-unsaturated/α-hetero) is 1. The molecule has 1 aromatic rings. The second-order valence-corrected chi connectivity index (χ2v) is 21.5. The lowest BCUT2D eigenvalue weighted by molar-refractivity contribution is -0.132. The summed E-state index contributed by atoms with van der Waals surface area (Å²) in [7, 11) is -5.10. The molecule has 3 saturated carbocycles. The van der Waals surface area contributed by atoms with Gasteiger partial charge in [0.1, 0.15) is 11.5 Å². The zero-order valence-corrected chi connectivity index (χ0v) is 28.8. The number of ketones is 1. The number of hydrogen-bond donors (Lipinski definition) is 2. The second-order valence-electron chi connectivity index (χ2n) is 15.8. The Morgan fingerprint density at radius 2 is 1.68 bits per heavy atom. The molecule has 7 heteroatoms. The van der Waals surface area contributed by atoms with Gasteiger partial charge in [0, 0.05) is 17.4 Å². The number of carbonyl (C=O) groups excluding carboxylic acids is 1. The van der Waals surface area contributed by atoms with E-state index in [0.29, 0.717) is 53.3 Å². The molecular weight excluding hydrogens is 549 g/mol. The number of allylic oxidation sites excluding steroid dienone is 1. The molecule has 7 atom stereocenters. The van der Waals surface area contributed by atoms with Gasteiger partial charge >= 0.3 is 0 Å². The summed E-state index contributed by atoms with van der Waals surface area (Å²) < 4.78 is 32.6. The molecule has 4 aliphatic carbocycles. The van der Waals surface area contributed by atoms with Crippen molar-refractivity contribution in [3.05, 3.63) is 33.9 Å². The smallest absolute Gasteiger partial charge is 0.250 e. The molecule has 1 N–H and O–H groups in total. The Labute approximate surface area is 250 Å². The SMILES string of the molecule is Cc1c(O[Si](C)(C)C(C)(C)C)c(C)c([SH](=O)=O)c(C)c1C1C[C@H](O)CC2=CC[C@H]3[C@@H]4CCC(=O)[C@@]4(C)CC[C@@H]3[C@]21C. The standard InChI is InChI=1S/C34H52O5SSi/c1-19-29(20(2)31(40(37)38)21(3)30(19)39-41(9,10)32(4,5)6)27-18-23(35)17-22-11-12-24-25-13-14-28(36)33(25,7)16-15-26(24)34(22,27)8/h11,23-27,35,40H,12-18H2,1-10H3/t23-,24+,25+,26+,27?,33+,34+/m1/s1. The van der Waals surface area contributed by atoms with Crippen molar-refractivity contribution in [1.82, 2.24) is 0 Å². The summed E-state index contributed by atoms with van der Waals surface area (Å²) in [5, 5.41) is 11.2. The molecule has 0 spiro atoms. The Morgan fingerprint density at radius 3 is 2.29 bits per heavy atom. The Bertz CT molecular complexity index is 1380. The van der Waals surface area contributed by atoms with Crippen molar-refractivity contribution in [2.45, 2.75) is 135 Å². The van der Waals surface area contributed by atoms with E-state index in [1.807, 2.05) is 13.8 Å². The molecule has 0 heterocycles.